The van der Waals surface area contributed by atoms with Crippen LogP contribution in [-0.4, -0.2) is 102 Å². The predicted octanol–water partition coefficient (Wildman–Crippen LogP) is 6.21. The molecule has 13 heteroatoms. The monoisotopic (exact) mass is 809 g/mol. The average molecular weight is 809 g/mol. The van der Waals surface area contributed by atoms with E-state index in [1.807, 2.05) is 20.8 Å². The molecule has 1 aromatic carbocycles. The maximum absolute atomic E-state index is 14.3. The number of rotatable bonds is 14. The summed E-state index contributed by atoms with van der Waals surface area (Å²) in [7, 11) is 1.48. The van der Waals surface area contributed by atoms with E-state index in [1.54, 1.807) is 56.9 Å². The first kappa shape index (κ1) is 46.5. The minimum absolute atomic E-state index is 0.150. The summed E-state index contributed by atoms with van der Waals surface area (Å²) in [6.07, 6.45) is 11.7. The average Bonchev–Trinajstić information content (AvgIpc) is 3.69. The van der Waals surface area contributed by atoms with Crippen LogP contribution in [0.3, 0.4) is 0 Å². The third kappa shape index (κ3) is 13.2. The van der Waals surface area contributed by atoms with Crippen molar-refractivity contribution in [1.29, 1.82) is 0 Å². The van der Waals surface area contributed by atoms with Gasteiger partial charge in [-0.15, -0.1) is 0 Å². The molecule has 4 rings (SSSR count). The molecule has 2 aliphatic carbocycles. The number of carbonyl (C=O) groups is 6. The Morgan fingerprint density at radius 2 is 1.31 bits per heavy atom. The lowest BCUT2D eigenvalue weighted by atomic mass is 9.81. The highest BCUT2D eigenvalue weighted by molar-refractivity contribution is 6.00. The molecule has 1 aromatic rings. The van der Waals surface area contributed by atoms with E-state index in [1.165, 1.54) is 44.1 Å². The van der Waals surface area contributed by atoms with E-state index in [9.17, 15) is 28.8 Å². The molecule has 6 amide bonds. The number of hydrogen-bond acceptors (Lipinski definition) is 7. The molecule has 0 unspecified atom stereocenters. The van der Waals surface area contributed by atoms with Crippen LogP contribution in [0.5, 0.6) is 0 Å². The minimum atomic E-state index is -0.963. The molecule has 0 radical (unpaired) electrons. The number of likely N-dealkylation sites (N-methyl/N-ethyl adjacent to an activating group) is 1. The van der Waals surface area contributed by atoms with Crippen molar-refractivity contribution >= 4 is 35.6 Å². The van der Waals surface area contributed by atoms with Crippen molar-refractivity contribution in [2.45, 2.75) is 162 Å². The number of benzene rings is 1. The quantitative estimate of drug-likeness (QED) is 0.174. The molecule has 3 aliphatic rings. The summed E-state index contributed by atoms with van der Waals surface area (Å²) < 4.78 is 5.43. The van der Waals surface area contributed by atoms with E-state index in [0.29, 0.717) is 48.9 Å². The number of nitrogens with zero attached hydrogens (tertiary/aromatic N) is 2. The Hall–Kier alpha value is -4.16. The fraction of sp³-hybridized carbons (Fsp3) is 0.733. The van der Waals surface area contributed by atoms with Crippen molar-refractivity contribution in [1.82, 2.24) is 31.1 Å². The number of ether oxygens (including phenoxy) is 1. The fourth-order valence-electron chi connectivity index (χ4n) is 8.53. The second-order valence-electron chi connectivity index (χ2n) is 19.2. The second kappa shape index (κ2) is 20.7. The van der Waals surface area contributed by atoms with Crippen molar-refractivity contribution < 1.29 is 33.5 Å². The van der Waals surface area contributed by atoms with Crippen LogP contribution in [0.4, 0.5) is 4.79 Å². The normalized spacial score (nSPS) is 20.2. The number of hydrogen-bond donors (Lipinski definition) is 4. The van der Waals surface area contributed by atoms with E-state index in [4.69, 9.17) is 4.74 Å². The highest BCUT2D eigenvalue weighted by Crippen LogP contribution is 2.31. The van der Waals surface area contributed by atoms with E-state index in [2.05, 4.69) is 28.2 Å². The maximum atomic E-state index is 14.3. The number of carbonyl (C=O) groups excluding carboxylic acids is 6. The molecule has 5 atom stereocenters. The Kier molecular flexibility index (Phi) is 16.6. The van der Waals surface area contributed by atoms with Crippen molar-refractivity contribution in [3.63, 3.8) is 0 Å². The van der Waals surface area contributed by atoms with Crippen LogP contribution in [-0.2, 0) is 19.1 Å². The van der Waals surface area contributed by atoms with E-state index >= 15 is 0 Å². The maximum Gasteiger partial charge on any atom is 0.410 e. The largest absolute Gasteiger partial charge is 0.444 e. The van der Waals surface area contributed by atoms with Gasteiger partial charge in [0.25, 0.3) is 11.8 Å². The highest BCUT2D eigenvalue weighted by Gasteiger charge is 2.43. The fourth-order valence-corrected chi connectivity index (χ4v) is 8.53. The first-order valence-electron chi connectivity index (χ1n) is 21.8. The molecule has 0 bridgehead atoms. The summed E-state index contributed by atoms with van der Waals surface area (Å²) in [6, 6.07) is 3.76. The van der Waals surface area contributed by atoms with Gasteiger partial charge in [-0.3, -0.25) is 28.9 Å². The predicted molar refractivity (Wildman–Crippen MR) is 225 cm³/mol. The third-order valence-electron chi connectivity index (χ3n) is 12.3. The van der Waals surface area contributed by atoms with Crippen LogP contribution in [0.15, 0.2) is 24.3 Å². The summed E-state index contributed by atoms with van der Waals surface area (Å²) in [5.74, 6) is -0.503. The molecule has 58 heavy (non-hydrogen) atoms. The second-order valence-corrected chi connectivity index (χ2v) is 19.2. The van der Waals surface area contributed by atoms with Gasteiger partial charge in [-0.25, -0.2) is 4.79 Å². The molecule has 0 aromatic heterocycles. The standard InChI is InChI=1S/C45H72N6O7/c1-29(31-18-12-10-13-19-31)27-46-39(53)33-22-16-23-34(26-33)40(54)47-28-35(32-20-14-11-15-21-32)48-41(55)36-24-17-25-51(36)42(56)37(44(3,4)5)49-38(52)30(2)50(9)43(57)58-45(6,7)8/h16,22-23,26,29-32,35-37H,10-15,17-21,24-25,27-28H2,1-9H3,(H,46,53)(H,47,54)(H,48,55)(H,49,52)/t29-,30+,35-,36+,37-/m1/s1. The summed E-state index contributed by atoms with van der Waals surface area (Å²) in [5, 5.41) is 12.2. The summed E-state index contributed by atoms with van der Waals surface area (Å²) in [5.41, 5.74) is -0.645. The summed E-state index contributed by atoms with van der Waals surface area (Å²) in [4.78, 5) is 84.0. The Morgan fingerprint density at radius 1 is 0.759 bits per heavy atom. The van der Waals surface area contributed by atoms with Gasteiger partial charge in [-0.2, -0.15) is 0 Å². The van der Waals surface area contributed by atoms with Gasteiger partial charge in [0.05, 0.1) is 0 Å². The molecule has 2 saturated carbocycles. The Morgan fingerprint density at radius 3 is 1.86 bits per heavy atom. The zero-order valence-electron chi connectivity index (χ0n) is 36.7. The molecule has 1 saturated heterocycles. The van der Waals surface area contributed by atoms with E-state index in [0.717, 1.165) is 32.1 Å². The van der Waals surface area contributed by atoms with E-state index in [-0.39, 0.29) is 42.1 Å². The van der Waals surface area contributed by atoms with Crippen LogP contribution in [0.1, 0.15) is 153 Å². The van der Waals surface area contributed by atoms with Gasteiger partial charge in [0.1, 0.15) is 23.7 Å². The molecule has 13 nitrogen and oxygen atoms in total. The van der Waals surface area contributed by atoms with Gasteiger partial charge >= 0.3 is 6.09 Å². The Labute approximate surface area is 346 Å². The van der Waals surface area contributed by atoms with Gasteiger partial charge in [0.2, 0.25) is 17.7 Å². The molecule has 324 valence electrons. The van der Waals surface area contributed by atoms with Crippen LogP contribution < -0.4 is 21.3 Å². The SMILES string of the molecule is C[C@H](CNC(=O)c1cccc(C(=O)NC[C@@H](NC(=O)[C@@H]2CCCN2C(=O)[C@@H](NC(=O)[C@H](C)N(C)C(=O)OC(C)(C)C)C(C)(C)C)C2CCCCC2)c1)C1CCCCC1. The third-order valence-corrected chi connectivity index (χ3v) is 12.3. The highest BCUT2D eigenvalue weighted by atomic mass is 16.6. The van der Waals surface area contributed by atoms with Crippen molar-refractivity contribution in [3.8, 4) is 0 Å². The molecule has 1 aliphatic heterocycles. The Bertz CT molecular complexity index is 1590. The molecule has 1 heterocycles. The van der Waals surface area contributed by atoms with E-state index < -0.39 is 41.1 Å². The van der Waals surface area contributed by atoms with Crippen molar-refractivity contribution in [3.05, 3.63) is 35.4 Å². The zero-order chi connectivity index (χ0) is 42.8. The first-order chi connectivity index (χ1) is 27.3. The number of likely N-dealkylation sites (tertiary alicyclic amines) is 1. The van der Waals surface area contributed by atoms with Crippen LogP contribution >= 0.6 is 0 Å². The van der Waals surface area contributed by atoms with Gasteiger partial charge in [0, 0.05) is 43.9 Å². The van der Waals surface area contributed by atoms with Crippen molar-refractivity contribution in [2.75, 3.05) is 26.7 Å². The first-order valence-corrected chi connectivity index (χ1v) is 21.8. The summed E-state index contributed by atoms with van der Waals surface area (Å²) >= 11 is 0. The van der Waals surface area contributed by atoms with Crippen LogP contribution in [0.25, 0.3) is 0 Å². The smallest absolute Gasteiger partial charge is 0.410 e. The zero-order valence-corrected chi connectivity index (χ0v) is 36.7. The lowest BCUT2D eigenvalue weighted by Gasteiger charge is -2.37. The topological polar surface area (TPSA) is 166 Å². The molecule has 3 fully saturated rings. The van der Waals surface area contributed by atoms with Gasteiger partial charge in [0.15, 0.2) is 0 Å². The summed E-state index contributed by atoms with van der Waals surface area (Å²) in [6.45, 7) is 15.7. The van der Waals surface area contributed by atoms with Gasteiger partial charge in [-0.1, -0.05) is 85.1 Å². The molecule has 4 N–H and O–H groups in total. The van der Waals surface area contributed by atoms with Crippen molar-refractivity contribution in [2.24, 2.45) is 23.2 Å². The van der Waals surface area contributed by atoms with Crippen LogP contribution in [0, 0.1) is 23.2 Å². The number of amides is 6. The molecule has 0 spiro atoms. The van der Waals surface area contributed by atoms with Gasteiger partial charge < -0.3 is 30.9 Å². The Balaban J connectivity index is 1.40. The lowest BCUT2D eigenvalue weighted by Crippen LogP contribution is -2.61. The minimum Gasteiger partial charge on any atom is -0.444 e. The lowest BCUT2D eigenvalue weighted by molar-refractivity contribution is -0.144. The molecular weight excluding hydrogens is 737 g/mol. The van der Waals surface area contributed by atoms with Gasteiger partial charge in [-0.05, 0) is 94.7 Å². The molecular formula is C45H72N6O7. The van der Waals surface area contributed by atoms with Crippen LogP contribution in [0.2, 0.25) is 0 Å². The number of nitrogens with one attached hydrogen (secondary N) is 4.